The molecule has 1 aromatic carbocycles. The van der Waals surface area contributed by atoms with Gasteiger partial charge in [0.25, 0.3) is 5.56 Å². The number of rotatable bonds is 8. The van der Waals surface area contributed by atoms with Crippen LogP contribution in [0.1, 0.15) is 55.5 Å². The molecule has 0 saturated heterocycles. The van der Waals surface area contributed by atoms with Gasteiger partial charge in [0.15, 0.2) is 5.65 Å². The summed E-state index contributed by atoms with van der Waals surface area (Å²) in [7, 11) is 0. The maximum Gasteiger partial charge on any atom is 0.330 e. The number of ether oxygens (including phenoxy) is 1. The van der Waals surface area contributed by atoms with Crippen molar-refractivity contribution in [3.8, 4) is 5.75 Å². The van der Waals surface area contributed by atoms with Crippen molar-refractivity contribution < 1.29 is 4.74 Å². The first-order valence-corrected chi connectivity index (χ1v) is 11.5. The highest BCUT2D eigenvalue weighted by atomic mass is 32.2. The topological polar surface area (TPSA) is 89.9 Å². The van der Waals surface area contributed by atoms with E-state index in [0.717, 1.165) is 49.4 Å². The fourth-order valence-corrected chi connectivity index (χ4v) is 4.50. The van der Waals surface area contributed by atoms with Crippen LogP contribution in [0.2, 0.25) is 0 Å². The number of hydrogen-bond donors (Lipinski definition) is 1. The molecule has 2 aliphatic carbocycles. The van der Waals surface area contributed by atoms with Gasteiger partial charge >= 0.3 is 5.69 Å². The summed E-state index contributed by atoms with van der Waals surface area (Å²) in [5, 5.41) is 1.11. The zero-order chi connectivity index (χ0) is 20.7. The number of hydrogen-bond acceptors (Lipinski definition) is 6. The van der Waals surface area contributed by atoms with Crippen molar-refractivity contribution >= 4 is 22.8 Å². The van der Waals surface area contributed by atoms with Gasteiger partial charge in [-0.05, 0) is 56.7 Å². The zero-order valence-corrected chi connectivity index (χ0v) is 17.7. The number of nitrogens with zero attached hydrogens (tertiary/aromatic N) is 3. The lowest BCUT2D eigenvalue weighted by Gasteiger charge is -2.12. The molecule has 0 atom stereocenters. The van der Waals surface area contributed by atoms with Crippen LogP contribution in [0, 0.1) is 6.92 Å². The Morgan fingerprint density at radius 3 is 2.77 bits per heavy atom. The Balaban J connectivity index is 1.37. The lowest BCUT2D eigenvalue weighted by molar-refractivity contribution is 0.318. The van der Waals surface area contributed by atoms with E-state index < -0.39 is 5.56 Å². The Hall–Kier alpha value is -2.61. The van der Waals surface area contributed by atoms with Crippen LogP contribution in [0.15, 0.2) is 38.9 Å². The Labute approximate surface area is 177 Å². The highest BCUT2D eigenvalue weighted by Crippen LogP contribution is 2.40. The van der Waals surface area contributed by atoms with Gasteiger partial charge in [0.05, 0.1) is 6.61 Å². The van der Waals surface area contributed by atoms with Crippen LogP contribution in [0.25, 0.3) is 11.0 Å². The minimum atomic E-state index is -0.396. The molecule has 0 unspecified atom stereocenters. The molecule has 30 heavy (non-hydrogen) atoms. The maximum atomic E-state index is 12.6. The van der Waals surface area contributed by atoms with Gasteiger partial charge in [0, 0.05) is 17.7 Å². The summed E-state index contributed by atoms with van der Waals surface area (Å²) in [6, 6.07) is 8.14. The Morgan fingerprint density at radius 2 is 2.03 bits per heavy atom. The number of fused-ring (bicyclic) bond motifs is 1. The van der Waals surface area contributed by atoms with Crippen LogP contribution in [0.5, 0.6) is 5.75 Å². The maximum absolute atomic E-state index is 12.6. The smallest absolute Gasteiger partial charge is 0.330 e. The average Bonchev–Trinajstić information content (AvgIpc) is 3.61. The average molecular weight is 425 g/mol. The number of H-pyrrole nitrogens is 1. The molecule has 2 fully saturated rings. The monoisotopic (exact) mass is 424 g/mol. The van der Waals surface area contributed by atoms with Crippen LogP contribution in [-0.2, 0) is 0 Å². The fraction of sp³-hybridized carbons (Fsp3) is 0.455. The first-order chi connectivity index (χ1) is 14.6. The number of aromatic amines is 1. The van der Waals surface area contributed by atoms with E-state index in [4.69, 9.17) is 9.72 Å². The molecule has 0 spiro atoms. The number of aryl methyl sites for hydroxylation is 1. The molecular formula is C22H24N4O3S. The van der Waals surface area contributed by atoms with Gasteiger partial charge in [-0.1, -0.05) is 12.1 Å². The van der Waals surface area contributed by atoms with Crippen molar-refractivity contribution in [3.05, 3.63) is 56.5 Å². The molecule has 8 heteroatoms. The molecule has 2 saturated carbocycles. The number of benzene rings is 1. The molecule has 156 valence electrons. The van der Waals surface area contributed by atoms with Crippen LogP contribution < -0.4 is 16.0 Å². The molecule has 0 aliphatic heterocycles. The van der Waals surface area contributed by atoms with Gasteiger partial charge in [-0.3, -0.25) is 14.3 Å². The molecule has 0 amide bonds. The van der Waals surface area contributed by atoms with E-state index in [0.29, 0.717) is 28.6 Å². The molecule has 1 N–H and O–H groups in total. The van der Waals surface area contributed by atoms with Crippen molar-refractivity contribution in [2.24, 2.45) is 0 Å². The molecule has 2 aliphatic rings. The van der Waals surface area contributed by atoms with E-state index in [2.05, 4.69) is 9.97 Å². The third-order valence-electron chi connectivity index (χ3n) is 5.41. The van der Waals surface area contributed by atoms with E-state index in [-0.39, 0.29) is 11.7 Å². The largest absolute Gasteiger partial charge is 0.494 e. The van der Waals surface area contributed by atoms with E-state index in [1.807, 2.05) is 31.2 Å². The molecule has 2 aromatic heterocycles. The number of nitrogens with one attached hydrogen (secondary N) is 1. The van der Waals surface area contributed by atoms with Gasteiger partial charge in [-0.15, -0.1) is 11.8 Å². The molecule has 2 heterocycles. The van der Waals surface area contributed by atoms with Crippen molar-refractivity contribution in [1.29, 1.82) is 0 Å². The van der Waals surface area contributed by atoms with E-state index in [9.17, 15) is 9.59 Å². The van der Waals surface area contributed by atoms with E-state index >= 15 is 0 Å². The fourth-order valence-electron chi connectivity index (χ4n) is 3.56. The van der Waals surface area contributed by atoms with Crippen LogP contribution >= 0.6 is 11.8 Å². The normalized spacial score (nSPS) is 16.2. The quantitative estimate of drug-likeness (QED) is 0.338. The predicted molar refractivity (Wildman–Crippen MR) is 117 cm³/mol. The summed E-state index contributed by atoms with van der Waals surface area (Å²) in [4.78, 5) is 36.9. The van der Waals surface area contributed by atoms with Crippen molar-refractivity contribution in [1.82, 2.24) is 19.5 Å². The highest BCUT2D eigenvalue weighted by Gasteiger charge is 2.32. The van der Waals surface area contributed by atoms with E-state index in [1.54, 1.807) is 16.3 Å². The van der Waals surface area contributed by atoms with Crippen molar-refractivity contribution in [2.75, 3.05) is 12.4 Å². The molecule has 7 nitrogen and oxygen atoms in total. The molecule has 3 aromatic rings. The van der Waals surface area contributed by atoms with Gasteiger partial charge in [0.1, 0.15) is 22.0 Å². The van der Waals surface area contributed by atoms with Gasteiger partial charge in [-0.25, -0.2) is 14.8 Å². The second-order valence-corrected chi connectivity index (χ2v) is 9.17. The lowest BCUT2D eigenvalue weighted by Crippen LogP contribution is -2.31. The summed E-state index contributed by atoms with van der Waals surface area (Å²) in [6.07, 6.45) is 4.85. The third kappa shape index (κ3) is 4.01. The SMILES string of the molecule is Cc1cccc(OCCCSc2nc(C3CC3)nc3c2c(=O)[nH]c(=O)n3C2CC2)c1. The van der Waals surface area contributed by atoms with Gasteiger partial charge < -0.3 is 4.74 Å². The first kappa shape index (κ1) is 19.4. The van der Waals surface area contributed by atoms with Crippen molar-refractivity contribution in [3.63, 3.8) is 0 Å². The Kier molecular flexibility index (Phi) is 5.10. The third-order valence-corrected chi connectivity index (χ3v) is 6.47. The summed E-state index contributed by atoms with van der Waals surface area (Å²) < 4.78 is 7.48. The Morgan fingerprint density at radius 1 is 1.20 bits per heavy atom. The Bertz CT molecular complexity index is 1210. The molecule has 0 radical (unpaired) electrons. The predicted octanol–water partition coefficient (Wildman–Crippen LogP) is 3.56. The second kappa shape index (κ2) is 7.91. The lowest BCUT2D eigenvalue weighted by atomic mass is 10.2. The van der Waals surface area contributed by atoms with Crippen molar-refractivity contribution in [2.45, 2.75) is 56.0 Å². The number of thioether (sulfide) groups is 1. The minimum absolute atomic E-state index is 0.138. The second-order valence-electron chi connectivity index (χ2n) is 8.09. The summed E-state index contributed by atoms with van der Waals surface area (Å²) in [5.74, 6) is 2.75. The minimum Gasteiger partial charge on any atom is -0.494 e. The summed E-state index contributed by atoms with van der Waals surface area (Å²) in [6.45, 7) is 2.64. The summed E-state index contributed by atoms with van der Waals surface area (Å²) >= 11 is 1.54. The van der Waals surface area contributed by atoms with E-state index in [1.165, 1.54) is 5.56 Å². The standard InChI is InChI=1S/C22H24N4O3S/c1-13-4-2-5-16(12-13)29-10-3-11-30-21-17-19(23-18(24-21)14-6-7-14)26(15-8-9-15)22(28)25-20(17)27/h2,4-5,12,14-15H,3,6-11H2,1H3,(H,25,27,28). The molecule has 5 rings (SSSR count). The highest BCUT2D eigenvalue weighted by molar-refractivity contribution is 7.99. The van der Waals surface area contributed by atoms with Crippen LogP contribution in [0.3, 0.4) is 0 Å². The van der Waals surface area contributed by atoms with Crippen LogP contribution in [0.4, 0.5) is 0 Å². The zero-order valence-electron chi connectivity index (χ0n) is 16.9. The van der Waals surface area contributed by atoms with Gasteiger partial charge in [0.2, 0.25) is 0 Å². The molecular weight excluding hydrogens is 400 g/mol. The van der Waals surface area contributed by atoms with Crippen LogP contribution in [-0.4, -0.2) is 31.9 Å². The molecule has 0 bridgehead atoms. The number of aromatic nitrogens is 4. The summed E-state index contributed by atoms with van der Waals surface area (Å²) in [5.41, 5.74) is 0.912. The van der Waals surface area contributed by atoms with Gasteiger partial charge in [-0.2, -0.15) is 0 Å². The first-order valence-electron chi connectivity index (χ1n) is 10.5.